The van der Waals surface area contributed by atoms with Crippen LogP contribution < -0.4 is 19.3 Å². The van der Waals surface area contributed by atoms with Gasteiger partial charge in [0.05, 0.1) is 0 Å². The lowest BCUT2D eigenvalue weighted by atomic mass is 10.1. The number of nitrogens with zero attached hydrogens (tertiary/aromatic N) is 1. The standard InChI is InChI=1S/C23H24FN3O3/c1-16-20(25-30-23(16)18-3-5-19(24)6-4-18)14-27-10-8-26(9-11-27)13-17-2-7-21-22(12-17)29-15-28-21/h2-7,12H,8-11,13-15H2,1H3/p+2. The van der Waals surface area contributed by atoms with Gasteiger partial charge in [-0.15, -0.1) is 0 Å². The van der Waals surface area contributed by atoms with Crippen molar-refractivity contribution < 1.29 is 28.2 Å². The number of aromatic nitrogens is 1. The minimum absolute atomic E-state index is 0.248. The molecule has 156 valence electrons. The number of quaternary nitrogens is 2. The number of fused-ring (bicyclic) bond motifs is 1. The van der Waals surface area contributed by atoms with E-state index < -0.39 is 0 Å². The summed E-state index contributed by atoms with van der Waals surface area (Å²) in [5, 5.41) is 4.31. The molecule has 0 spiro atoms. The number of benzene rings is 2. The zero-order chi connectivity index (χ0) is 20.5. The van der Waals surface area contributed by atoms with Gasteiger partial charge in [-0.05, 0) is 49.4 Å². The Hall–Kier alpha value is -2.90. The lowest BCUT2D eigenvalue weighted by Gasteiger charge is -2.29. The van der Waals surface area contributed by atoms with Gasteiger partial charge in [-0.1, -0.05) is 5.16 Å². The van der Waals surface area contributed by atoms with E-state index >= 15 is 0 Å². The van der Waals surface area contributed by atoms with Crippen molar-refractivity contribution in [1.29, 1.82) is 0 Å². The van der Waals surface area contributed by atoms with E-state index in [2.05, 4.69) is 17.3 Å². The first-order valence-electron chi connectivity index (χ1n) is 10.4. The molecule has 2 aliphatic heterocycles. The van der Waals surface area contributed by atoms with Crippen LogP contribution in [0.5, 0.6) is 11.5 Å². The largest absolute Gasteiger partial charge is 0.454 e. The second-order valence-corrected chi connectivity index (χ2v) is 8.13. The quantitative estimate of drug-likeness (QED) is 0.658. The fourth-order valence-corrected chi connectivity index (χ4v) is 4.29. The van der Waals surface area contributed by atoms with Crippen LogP contribution >= 0.6 is 0 Å². The smallest absolute Gasteiger partial charge is 0.231 e. The molecule has 1 aromatic heterocycles. The van der Waals surface area contributed by atoms with Gasteiger partial charge in [-0.3, -0.25) is 0 Å². The third-order valence-corrected chi connectivity index (χ3v) is 6.10. The van der Waals surface area contributed by atoms with E-state index in [0.717, 1.165) is 73.3 Å². The topological polar surface area (TPSA) is 53.4 Å². The molecule has 0 amide bonds. The van der Waals surface area contributed by atoms with Gasteiger partial charge >= 0.3 is 0 Å². The summed E-state index contributed by atoms with van der Waals surface area (Å²) in [5.74, 6) is 2.18. The van der Waals surface area contributed by atoms with Crippen LogP contribution in [0.3, 0.4) is 0 Å². The molecular formula is C23H26FN3O3+2. The van der Waals surface area contributed by atoms with E-state index in [4.69, 9.17) is 14.0 Å². The predicted octanol–water partition coefficient (Wildman–Crippen LogP) is 1.00. The summed E-state index contributed by atoms with van der Waals surface area (Å²) in [5.41, 5.74) is 4.18. The van der Waals surface area contributed by atoms with Crippen molar-refractivity contribution in [3.63, 3.8) is 0 Å². The molecular weight excluding hydrogens is 385 g/mol. The zero-order valence-electron chi connectivity index (χ0n) is 17.0. The molecule has 3 heterocycles. The summed E-state index contributed by atoms with van der Waals surface area (Å²) in [6.07, 6.45) is 0. The molecule has 2 aliphatic rings. The van der Waals surface area contributed by atoms with E-state index in [9.17, 15) is 4.39 Å². The molecule has 1 fully saturated rings. The summed E-state index contributed by atoms with van der Waals surface area (Å²) in [7, 11) is 0. The number of halogens is 1. The average molecular weight is 411 g/mol. The lowest BCUT2D eigenvalue weighted by Crippen LogP contribution is -3.27. The molecule has 0 bridgehead atoms. The molecule has 6 nitrogen and oxygen atoms in total. The van der Waals surface area contributed by atoms with Crippen LogP contribution in [0.15, 0.2) is 47.0 Å². The van der Waals surface area contributed by atoms with Crippen molar-refractivity contribution in [2.45, 2.75) is 20.0 Å². The number of hydrogen-bond donors (Lipinski definition) is 2. The number of nitrogens with one attached hydrogen (secondary N) is 2. The Morgan fingerprint density at radius 3 is 2.37 bits per heavy atom. The van der Waals surface area contributed by atoms with Gasteiger partial charge in [0.1, 0.15) is 50.8 Å². The van der Waals surface area contributed by atoms with Gasteiger partial charge in [-0.25, -0.2) is 4.39 Å². The Bertz CT molecular complexity index is 1030. The van der Waals surface area contributed by atoms with E-state index in [1.54, 1.807) is 17.0 Å². The van der Waals surface area contributed by atoms with E-state index in [1.807, 2.05) is 13.0 Å². The summed E-state index contributed by atoms with van der Waals surface area (Å²) < 4.78 is 29.7. The highest BCUT2D eigenvalue weighted by Crippen LogP contribution is 2.32. The van der Waals surface area contributed by atoms with Crippen LogP contribution in [-0.2, 0) is 13.1 Å². The van der Waals surface area contributed by atoms with Crippen molar-refractivity contribution in [1.82, 2.24) is 5.16 Å². The molecule has 30 heavy (non-hydrogen) atoms. The minimum Gasteiger partial charge on any atom is -0.454 e. The molecule has 0 unspecified atom stereocenters. The molecule has 0 atom stereocenters. The predicted molar refractivity (Wildman–Crippen MR) is 108 cm³/mol. The summed E-state index contributed by atoms with van der Waals surface area (Å²) in [6.45, 7) is 8.63. The molecule has 7 heteroatoms. The Kier molecular flexibility index (Phi) is 5.14. The van der Waals surface area contributed by atoms with Crippen molar-refractivity contribution in [3.8, 4) is 22.8 Å². The molecule has 0 saturated carbocycles. The summed E-state index contributed by atoms with van der Waals surface area (Å²) in [6, 6.07) is 12.6. The summed E-state index contributed by atoms with van der Waals surface area (Å²) in [4.78, 5) is 3.10. The number of piperazine rings is 1. The van der Waals surface area contributed by atoms with E-state index in [0.29, 0.717) is 6.79 Å². The number of ether oxygens (including phenoxy) is 2. The molecule has 2 aromatic carbocycles. The van der Waals surface area contributed by atoms with Gasteiger partial charge < -0.3 is 23.8 Å². The lowest BCUT2D eigenvalue weighted by molar-refractivity contribution is -1.02. The first-order valence-corrected chi connectivity index (χ1v) is 10.4. The van der Waals surface area contributed by atoms with Gasteiger partial charge in [-0.2, -0.15) is 0 Å². The molecule has 0 aliphatic carbocycles. The third kappa shape index (κ3) is 3.91. The Labute approximate surface area is 174 Å². The van der Waals surface area contributed by atoms with Crippen LogP contribution in [0, 0.1) is 12.7 Å². The van der Waals surface area contributed by atoms with Crippen LogP contribution in [0.1, 0.15) is 16.8 Å². The van der Waals surface area contributed by atoms with Gasteiger partial charge in [0.25, 0.3) is 0 Å². The van der Waals surface area contributed by atoms with Crippen LogP contribution in [0.2, 0.25) is 0 Å². The van der Waals surface area contributed by atoms with Crippen LogP contribution in [0.4, 0.5) is 4.39 Å². The Balaban J connectivity index is 1.17. The Morgan fingerprint density at radius 2 is 1.60 bits per heavy atom. The maximum absolute atomic E-state index is 13.2. The normalized spacial score (nSPS) is 20.5. The van der Waals surface area contributed by atoms with Crippen molar-refractivity contribution in [3.05, 3.63) is 65.1 Å². The highest BCUT2D eigenvalue weighted by atomic mass is 19.1. The van der Waals surface area contributed by atoms with Crippen LogP contribution in [-0.4, -0.2) is 38.1 Å². The second kappa shape index (κ2) is 8.08. The average Bonchev–Trinajstić information content (AvgIpc) is 3.37. The van der Waals surface area contributed by atoms with Gasteiger partial charge in [0.2, 0.25) is 6.79 Å². The maximum atomic E-state index is 13.2. The van der Waals surface area contributed by atoms with Crippen LogP contribution in [0.25, 0.3) is 11.3 Å². The second-order valence-electron chi connectivity index (χ2n) is 8.13. The highest BCUT2D eigenvalue weighted by Gasteiger charge is 2.26. The molecule has 3 aromatic rings. The maximum Gasteiger partial charge on any atom is 0.231 e. The fraction of sp³-hybridized carbons (Fsp3) is 0.348. The van der Waals surface area contributed by atoms with Crippen molar-refractivity contribution in [2.24, 2.45) is 0 Å². The van der Waals surface area contributed by atoms with E-state index in [-0.39, 0.29) is 5.82 Å². The van der Waals surface area contributed by atoms with Gasteiger partial charge in [0.15, 0.2) is 17.3 Å². The van der Waals surface area contributed by atoms with Crippen molar-refractivity contribution in [2.75, 3.05) is 33.0 Å². The highest BCUT2D eigenvalue weighted by molar-refractivity contribution is 5.61. The molecule has 0 radical (unpaired) electrons. The minimum atomic E-state index is -0.248. The Morgan fingerprint density at radius 1 is 0.900 bits per heavy atom. The summed E-state index contributed by atoms with van der Waals surface area (Å²) >= 11 is 0. The fourth-order valence-electron chi connectivity index (χ4n) is 4.29. The molecule has 2 N–H and O–H groups in total. The van der Waals surface area contributed by atoms with Crippen molar-refractivity contribution >= 4 is 0 Å². The first kappa shape index (κ1) is 19.1. The van der Waals surface area contributed by atoms with Gasteiger partial charge in [0, 0.05) is 16.7 Å². The SMILES string of the molecule is Cc1c(C[NH+]2CC[NH+](Cc3ccc4c(c3)OCO4)CC2)noc1-c1ccc(F)cc1. The third-order valence-electron chi connectivity index (χ3n) is 6.10. The number of rotatable bonds is 5. The van der Waals surface area contributed by atoms with E-state index in [1.165, 1.54) is 22.6 Å². The molecule has 5 rings (SSSR count). The first-order chi connectivity index (χ1) is 14.7. The number of hydrogen-bond acceptors (Lipinski definition) is 4. The zero-order valence-corrected chi connectivity index (χ0v) is 17.0. The molecule has 1 saturated heterocycles. The monoisotopic (exact) mass is 411 g/mol.